The number of halogens is 1. The standard InChI is InChI=1S/C13H17BrO2/c1-11(14)4-3-9-16-10-12-5-7-13(15-2)8-6-12/h4-8H,3,9-10H2,1-2H3/b11-4+. The molecule has 0 aliphatic rings. The maximum Gasteiger partial charge on any atom is 0.118 e. The predicted octanol–water partition coefficient (Wildman–Crippen LogP) is 3.90. The lowest BCUT2D eigenvalue weighted by Gasteiger charge is -2.04. The first-order valence-corrected chi connectivity index (χ1v) is 6.04. The van der Waals surface area contributed by atoms with E-state index < -0.39 is 0 Å². The molecule has 0 N–H and O–H groups in total. The lowest BCUT2D eigenvalue weighted by atomic mass is 10.2. The van der Waals surface area contributed by atoms with E-state index >= 15 is 0 Å². The fraction of sp³-hybridized carbons (Fsp3) is 0.385. The first-order valence-electron chi connectivity index (χ1n) is 5.25. The van der Waals surface area contributed by atoms with Crippen molar-refractivity contribution in [3.8, 4) is 5.75 Å². The zero-order valence-corrected chi connectivity index (χ0v) is 11.3. The Morgan fingerprint density at radius 3 is 2.56 bits per heavy atom. The third kappa shape index (κ3) is 5.33. The third-order valence-electron chi connectivity index (χ3n) is 2.12. The van der Waals surface area contributed by atoms with Gasteiger partial charge in [0.15, 0.2) is 0 Å². The van der Waals surface area contributed by atoms with Gasteiger partial charge in [-0.1, -0.05) is 34.1 Å². The van der Waals surface area contributed by atoms with E-state index in [0.29, 0.717) is 6.61 Å². The Morgan fingerprint density at radius 2 is 2.00 bits per heavy atom. The molecule has 0 bridgehead atoms. The molecular formula is C13H17BrO2. The van der Waals surface area contributed by atoms with Crippen molar-refractivity contribution in [1.82, 2.24) is 0 Å². The van der Waals surface area contributed by atoms with Gasteiger partial charge in [0.25, 0.3) is 0 Å². The molecule has 0 spiro atoms. The van der Waals surface area contributed by atoms with E-state index in [4.69, 9.17) is 9.47 Å². The van der Waals surface area contributed by atoms with Gasteiger partial charge in [0.2, 0.25) is 0 Å². The molecule has 88 valence electrons. The van der Waals surface area contributed by atoms with Crippen LogP contribution in [0.25, 0.3) is 0 Å². The van der Waals surface area contributed by atoms with E-state index in [-0.39, 0.29) is 0 Å². The zero-order valence-electron chi connectivity index (χ0n) is 9.70. The quantitative estimate of drug-likeness (QED) is 0.738. The minimum absolute atomic E-state index is 0.652. The van der Waals surface area contributed by atoms with E-state index in [0.717, 1.165) is 23.3 Å². The van der Waals surface area contributed by atoms with Crippen LogP contribution in [0.3, 0.4) is 0 Å². The van der Waals surface area contributed by atoms with E-state index in [1.165, 1.54) is 5.56 Å². The van der Waals surface area contributed by atoms with Crippen molar-refractivity contribution in [3.63, 3.8) is 0 Å². The van der Waals surface area contributed by atoms with Crippen LogP contribution in [0.4, 0.5) is 0 Å². The van der Waals surface area contributed by atoms with Gasteiger partial charge in [0, 0.05) is 0 Å². The first kappa shape index (κ1) is 13.3. The van der Waals surface area contributed by atoms with Gasteiger partial charge in [-0.2, -0.15) is 0 Å². The van der Waals surface area contributed by atoms with Crippen molar-refractivity contribution in [2.75, 3.05) is 13.7 Å². The number of ether oxygens (including phenoxy) is 2. The molecule has 2 nitrogen and oxygen atoms in total. The van der Waals surface area contributed by atoms with Crippen molar-refractivity contribution in [2.24, 2.45) is 0 Å². The zero-order chi connectivity index (χ0) is 11.8. The molecule has 0 radical (unpaired) electrons. The Bertz CT molecular complexity index is 326. The summed E-state index contributed by atoms with van der Waals surface area (Å²) in [7, 11) is 1.67. The van der Waals surface area contributed by atoms with Crippen LogP contribution in [0.1, 0.15) is 18.9 Å². The maximum absolute atomic E-state index is 5.54. The third-order valence-corrected chi connectivity index (χ3v) is 2.44. The molecule has 0 fully saturated rings. The SMILES string of the molecule is COc1ccc(COCC/C=C(\C)Br)cc1. The van der Waals surface area contributed by atoms with E-state index in [2.05, 4.69) is 22.0 Å². The van der Waals surface area contributed by atoms with Crippen molar-refractivity contribution in [1.29, 1.82) is 0 Å². The van der Waals surface area contributed by atoms with Crippen LogP contribution in [-0.2, 0) is 11.3 Å². The lowest BCUT2D eigenvalue weighted by molar-refractivity contribution is 0.125. The van der Waals surface area contributed by atoms with Gasteiger partial charge < -0.3 is 9.47 Å². The molecule has 3 heteroatoms. The minimum Gasteiger partial charge on any atom is -0.497 e. The van der Waals surface area contributed by atoms with Crippen molar-refractivity contribution in [2.45, 2.75) is 20.0 Å². The van der Waals surface area contributed by atoms with Crippen LogP contribution < -0.4 is 4.74 Å². The topological polar surface area (TPSA) is 18.5 Å². The molecular weight excluding hydrogens is 268 g/mol. The highest BCUT2D eigenvalue weighted by Crippen LogP contribution is 2.12. The molecule has 1 rings (SSSR count). The fourth-order valence-electron chi connectivity index (χ4n) is 1.25. The molecule has 0 aromatic heterocycles. The lowest BCUT2D eigenvalue weighted by Crippen LogP contribution is -1.94. The average Bonchev–Trinajstić information content (AvgIpc) is 2.29. The van der Waals surface area contributed by atoms with Gasteiger partial charge >= 0.3 is 0 Å². The summed E-state index contributed by atoms with van der Waals surface area (Å²) in [6, 6.07) is 7.93. The predicted molar refractivity (Wildman–Crippen MR) is 70.0 cm³/mol. The molecule has 0 amide bonds. The summed E-state index contributed by atoms with van der Waals surface area (Å²) < 4.78 is 11.8. The van der Waals surface area contributed by atoms with Crippen LogP contribution in [0.5, 0.6) is 5.75 Å². The number of hydrogen-bond donors (Lipinski definition) is 0. The first-order chi connectivity index (χ1) is 7.72. The Hall–Kier alpha value is -0.800. The summed E-state index contributed by atoms with van der Waals surface area (Å²) in [6.45, 7) is 3.41. The van der Waals surface area contributed by atoms with Crippen molar-refractivity contribution < 1.29 is 9.47 Å². The molecule has 16 heavy (non-hydrogen) atoms. The average molecular weight is 285 g/mol. The van der Waals surface area contributed by atoms with Crippen molar-refractivity contribution in [3.05, 3.63) is 40.4 Å². The Balaban J connectivity index is 2.24. The number of allylic oxidation sites excluding steroid dienone is 1. The van der Waals surface area contributed by atoms with Crippen LogP contribution in [0.15, 0.2) is 34.8 Å². The summed E-state index contributed by atoms with van der Waals surface area (Å²) in [4.78, 5) is 0. The molecule has 0 atom stereocenters. The smallest absolute Gasteiger partial charge is 0.118 e. The van der Waals surface area contributed by atoms with Gasteiger partial charge in [-0.3, -0.25) is 0 Å². The summed E-state index contributed by atoms with van der Waals surface area (Å²) in [5.41, 5.74) is 1.17. The summed E-state index contributed by atoms with van der Waals surface area (Å²) in [5, 5.41) is 0. The van der Waals surface area contributed by atoms with Crippen LogP contribution >= 0.6 is 15.9 Å². The Kier molecular flexibility index (Phi) is 6.19. The Labute approximate surface area is 105 Å². The van der Waals surface area contributed by atoms with Gasteiger partial charge in [-0.25, -0.2) is 0 Å². The van der Waals surface area contributed by atoms with E-state index in [9.17, 15) is 0 Å². The summed E-state index contributed by atoms with van der Waals surface area (Å²) in [5.74, 6) is 0.876. The van der Waals surface area contributed by atoms with Gasteiger partial charge in [0.1, 0.15) is 5.75 Å². The highest BCUT2D eigenvalue weighted by atomic mass is 79.9. The van der Waals surface area contributed by atoms with E-state index in [1.807, 2.05) is 31.2 Å². The summed E-state index contributed by atoms with van der Waals surface area (Å²) >= 11 is 3.38. The number of rotatable bonds is 6. The molecule has 0 unspecified atom stereocenters. The number of methoxy groups -OCH3 is 1. The molecule has 0 heterocycles. The highest BCUT2D eigenvalue weighted by Gasteiger charge is 1.94. The molecule has 0 aliphatic carbocycles. The van der Waals surface area contributed by atoms with Gasteiger partial charge in [-0.05, 0) is 35.5 Å². The fourth-order valence-corrected chi connectivity index (χ4v) is 1.48. The van der Waals surface area contributed by atoms with Crippen molar-refractivity contribution >= 4 is 15.9 Å². The largest absolute Gasteiger partial charge is 0.497 e. The summed E-state index contributed by atoms with van der Waals surface area (Å²) in [6.07, 6.45) is 3.04. The van der Waals surface area contributed by atoms with Crippen LogP contribution in [-0.4, -0.2) is 13.7 Å². The van der Waals surface area contributed by atoms with Gasteiger partial charge in [-0.15, -0.1) is 0 Å². The number of benzene rings is 1. The minimum atomic E-state index is 0.652. The molecule has 0 saturated carbocycles. The molecule has 0 saturated heterocycles. The Morgan fingerprint density at radius 1 is 1.31 bits per heavy atom. The van der Waals surface area contributed by atoms with Crippen LogP contribution in [0.2, 0.25) is 0 Å². The monoisotopic (exact) mass is 284 g/mol. The van der Waals surface area contributed by atoms with E-state index in [1.54, 1.807) is 7.11 Å². The van der Waals surface area contributed by atoms with Gasteiger partial charge in [0.05, 0.1) is 20.3 Å². The number of hydrogen-bond acceptors (Lipinski definition) is 2. The highest BCUT2D eigenvalue weighted by molar-refractivity contribution is 9.11. The molecule has 1 aromatic rings. The van der Waals surface area contributed by atoms with Crippen LogP contribution in [0, 0.1) is 0 Å². The second-order valence-electron chi connectivity index (χ2n) is 3.48. The molecule has 0 aliphatic heterocycles. The normalized spacial score (nSPS) is 11.6. The maximum atomic E-state index is 5.54. The second-order valence-corrected chi connectivity index (χ2v) is 4.73. The second kappa shape index (κ2) is 7.47. The molecule has 1 aromatic carbocycles.